The highest BCUT2D eigenvalue weighted by Crippen LogP contribution is 2.63. The van der Waals surface area contributed by atoms with Crippen molar-refractivity contribution in [1.82, 2.24) is 0 Å². The molecule has 3 nitrogen and oxygen atoms in total. The molecule has 0 aromatic heterocycles. The Kier molecular flexibility index (Phi) is 2.99. The van der Waals surface area contributed by atoms with Gasteiger partial charge in [-0.25, -0.2) is 4.79 Å². The molecule has 2 N–H and O–H groups in total. The van der Waals surface area contributed by atoms with Crippen LogP contribution < -0.4 is 5.32 Å². The topological polar surface area (TPSA) is 49.3 Å². The zero-order chi connectivity index (χ0) is 16.3. The number of hydrogen-bond donors (Lipinski definition) is 2. The highest BCUT2D eigenvalue weighted by molar-refractivity contribution is 5.88. The Hall–Kier alpha value is -2.29. The lowest BCUT2D eigenvalue weighted by atomic mass is 9.68. The first-order valence-electron chi connectivity index (χ1n) is 8.91. The van der Waals surface area contributed by atoms with Crippen molar-refractivity contribution in [2.45, 2.75) is 31.2 Å². The molecule has 3 aliphatic rings. The molecule has 1 heterocycles. The molecule has 3 heteroatoms. The molecule has 0 spiro atoms. The summed E-state index contributed by atoms with van der Waals surface area (Å²) in [5.41, 5.74) is 4.13. The molecule has 1 aliphatic heterocycles. The highest BCUT2D eigenvalue weighted by Gasteiger charge is 2.53. The quantitative estimate of drug-likeness (QED) is 0.845. The van der Waals surface area contributed by atoms with Gasteiger partial charge in [-0.3, -0.25) is 0 Å². The monoisotopic (exact) mass is 319 g/mol. The van der Waals surface area contributed by atoms with E-state index in [2.05, 4.69) is 35.6 Å². The van der Waals surface area contributed by atoms with E-state index in [1.165, 1.54) is 30.4 Å². The summed E-state index contributed by atoms with van der Waals surface area (Å²) < 4.78 is 0. The molecule has 122 valence electrons. The van der Waals surface area contributed by atoms with Crippen molar-refractivity contribution in [3.63, 3.8) is 0 Å². The van der Waals surface area contributed by atoms with Gasteiger partial charge in [0, 0.05) is 5.69 Å². The van der Waals surface area contributed by atoms with Gasteiger partial charge in [-0.05, 0) is 72.3 Å². The number of hydrogen-bond acceptors (Lipinski definition) is 2. The summed E-state index contributed by atoms with van der Waals surface area (Å²) in [6.45, 7) is 0. The number of carboxylic acids is 1. The third-order valence-corrected chi connectivity index (χ3v) is 6.49. The number of aromatic carboxylic acids is 1. The molecule has 0 saturated heterocycles. The molecule has 5 atom stereocenters. The van der Waals surface area contributed by atoms with Crippen molar-refractivity contribution in [2.24, 2.45) is 17.8 Å². The van der Waals surface area contributed by atoms with Gasteiger partial charge < -0.3 is 10.4 Å². The van der Waals surface area contributed by atoms with E-state index in [-0.39, 0.29) is 0 Å². The van der Waals surface area contributed by atoms with Crippen LogP contribution in [0.25, 0.3) is 0 Å². The smallest absolute Gasteiger partial charge is 0.335 e. The lowest BCUT2D eigenvalue weighted by molar-refractivity contribution is 0.0696. The van der Waals surface area contributed by atoms with Crippen LogP contribution in [0.15, 0.2) is 48.5 Å². The number of carbonyl (C=O) groups is 1. The van der Waals surface area contributed by atoms with Crippen LogP contribution in [0.1, 0.15) is 52.7 Å². The third-order valence-electron chi connectivity index (χ3n) is 6.49. The second-order valence-electron chi connectivity index (χ2n) is 7.58. The molecule has 0 radical (unpaired) electrons. The van der Waals surface area contributed by atoms with Gasteiger partial charge >= 0.3 is 5.97 Å². The van der Waals surface area contributed by atoms with Gasteiger partial charge in [-0.2, -0.15) is 0 Å². The van der Waals surface area contributed by atoms with Crippen molar-refractivity contribution in [1.29, 1.82) is 0 Å². The van der Waals surface area contributed by atoms with Gasteiger partial charge in [0.05, 0.1) is 11.6 Å². The molecular formula is C21H21NO2. The summed E-state index contributed by atoms with van der Waals surface area (Å²) in [5, 5.41) is 13.1. The van der Waals surface area contributed by atoms with E-state index in [1.54, 1.807) is 6.07 Å². The van der Waals surface area contributed by atoms with Crippen LogP contribution in [-0.2, 0) is 0 Å². The number of rotatable bonds is 2. The standard InChI is InChI=1S/C21H21NO2/c23-21(24)15-8-9-17-16(11-15)18-13-6-7-14(10-13)19(18)20(22-17)12-4-2-1-3-5-12/h1-5,8-9,11,13-14,18-20,22H,6-7,10H2,(H,23,24)/t13-,14+,18-,19+,20-/m0/s1. The molecule has 2 saturated carbocycles. The second kappa shape index (κ2) is 5.10. The Morgan fingerprint density at radius 1 is 1.04 bits per heavy atom. The molecule has 2 aromatic carbocycles. The van der Waals surface area contributed by atoms with Gasteiger partial charge in [0.15, 0.2) is 0 Å². The SMILES string of the molecule is O=C(O)c1ccc2c(c1)[C@@H]1[C@H]3CC[C@H](C3)[C@H]1[C@H](c1ccccc1)N2. The first kappa shape index (κ1) is 14.1. The Morgan fingerprint density at radius 3 is 2.62 bits per heavy atom. The van der Waals surface area contributed by atoms with Crippen molar-refractivity contribution >= 4 is 11.7 Å². The van der Waals surface area contributed by atoms with Crippen LogP contribution in [0.5, 0.6) is 0 Å². The molecule has 0 amide bonds. The number of nitrogens with one attached hydrogen (secondary N) is 1. The predicted molar refractivity (Wildman–Crippen MR) is 93.3 cm³/mol. The van der Waals surface area contributed by atoms with Crippen molar-refractivity contribution in [2.75, 3.05) is 5.32 Å². The molecule has 24 heavy (non-hydrogen) atoms. The first-order valence-corrected chi connectivity index (χ1v) is 8.91. The fourth-order valence-corrected chi connectivity index (χ4v) is 5.61. The zero-order valence-corrected chi connectivity index (χ0v) is 13.5. The maximum absolute atomic E-state index is 11.4. The minimum atomic E-state index is -0.831. The molecule has 2 bridgehead atoms. The fraction of sp³-hybridized carbons (Fsp3) is 0.381. The Morgan fingerprint density at radius 2 is 1.83 bits per heavy atom. The van der Waals surface area contributed by atoms with Gasteiger partial charge in [0.2, 0.25) is 0 Å². The van der Waals surface area contributed by atoms with Crippen LogP contribution in [0, 0.1) is 17.8 Å². The number of benzene rings is 2. The van der Waals surface area contributed by atoms with Gasteiger partial charge in [-0.1, -0.05) is 30.3 Å². The second-order valence-corrected chi connectivity index (χ2v) is 7.58. The molecule has 2 fully saturated rings. The molecule has 2 aromatic rings. The lowest BCUT2D eigenvalue weighted by Gasteiger charge is -2.43. The normalized spacial score (nSPS) is 32.8. The molecule has 0 unspecified atom stereocenters. The minimum absolute atomic E-state index is 0.342. The maximum atomic E-state index is 11.4. The average molecular weight is 319 g/mol. The van der Waals surface area contributed by atoms with E-state index in [9.17, 15) is 9.90 Å². The summed E-state index contributed by atoms with van der Waals surface area (Å²) in [6.07, 6.45) is 3.92. The Labute approximate surface area is 141 Å². The van der Waals surface area contributed by atoms with Gasteiger partial charge in [0.1, 0.15) is 0 Å². The number of anilines is 1. The maximum Gasteiger partial charge on any atom is 0.335 e. The predicted octanol–water partition coefficient (Wildman–Crippen LogP) is 4.68. The van der Waals surface area contributed by atoms with E-state index in [1.807, 2.05) is 12.1 Å². The van der Waals surface area contributed by atoms with E-state index >= 15 is 0 Å². The van der Waals surface area contributed by atoms with E-state index in [0.717, 1.165) is 17.5 Å². The fourth-order valence-electron chi connectivity index (χ4n) is 5.61. The summed E-state index contributed by atoms with van der Waals surface area (Å²) in [6, 6.07) is 16.7. The van der Waals surface area contributed by atoms with Crippen molar-refractivity contribution < 1.29 is 9.90 Å². The van der Waals surface area contributed by atoms with Crippen LogP contribution in [0.3, 0.4) is 0 Å². The largest absolute Gasteiger partial charge is 0.478 e. The summed E-state index contributed by atoms with van der Waals surface area (Å²) in [7, 11) is 0. The van der Waals surface area contributed by atoms with Crippen molar-refractivity contribution in [3.8, 4) is 0 Å². The summed E-state index contributed by atoms with van der Waals surface area (Å²) >= 11 is 0. The minimum Gasteiger partial charge on any atom is -0.478 e. The molecule has 2 aliphatic carbocycles. The Bertz CT molecular complexity index is 801. The van der Waals surface area contributed by atoms with Crippen molar-refractivity contribution in [3.05, 3.63) is 65.2 Å². The van der Waals surface area contributed by atoms with E-state index < -0.39 is 5.97 Å². The lowest BCUT2D eigenvalue weighted by Crippen LogP contribution is -2.35. The third kappa shape index (κ3) is 1.94. The molecule has 5 rings (SSSR count). The summed E-state index contributed by atoms with van der Waals surface area (Å²) in [4.78, 5) is 11.4. The zero-order valence-electron chi connectivity index (χ0n) is 13.5. The Balaban J connectivity index is 1.64. The number of carboxylic acid groups (broad SMARTS) is 1. The average Bonchev–Trinajstić information content (AvgIpc) is 3.23. The summed E-state index contributed by atoms with van der Waals surface area (Å²) in [5.74, 6) is 1.74. The number of fused-ring (bicyclic) bond motifs is 7. The van der Waals surface area contributed by atoms with Crippen LogP contribution in [0.4, 0.5) is 5.69 Å². The van der Waals surface area contributed by atoms with E-state index in [0.29, 0.717) is 23.4 Å². The van der Waals surface area contributed by atoms with Gasteiger partial charge in [0.25, 0.3) is 0 Å². The van der Waals surface area contributed by atoms with Gasteiger partial charge in [-0.15, -0.1) is 0 Å². The highest BCUT2D eigenvalue weighted by atomic mass is 16.4. The van der Waals surface area contributed by atoms with Crippen LogP contribution >= 0.6 is 0 Å². The van der Waals surface area contributed by atoms with E-state index in [4.69, 9.17) is 0 Å². The molecular weight excluding hydrogens is 298 g/mol. The first-order chi connectivity index (χ1) is 11.7. The van der Waals surface area contributed by atoms with Crippen LogP contribution in [-0.4, -0.2) is 11.1 Å². The van der Waals surface area contributed by atoms with Crippen LogP contribution in [0.2, 0.25) is 0 Å².